The van der Waals surface area contributed by atoms with E-state index in [1.54, 1.807) is 14.2 Å². The maximum Gasteiger partial charge on any atom is 0.246 e. The molecular formula is C13H20N2O2. The number of hydrogen-bond donors (Lipinski definition) is 1. The summed E-state index contributed by atoms with van der Waals surface area (Å²) < 4.78 is 5.31. The Hall–Kier alpha value is -1.55. The van der Waals surface area contributed by atoms with Crippen LogP contribution >= 0.6 is 0 Å². The van der Waals surface area contributed by atoms with Crippen LogP contribution in [0.3, 0.4) is 0 Å². The second-order valence-corrected chi connectivity index (χ2v) is 4.74. The number of rotatable bonds is 3. The second kappa shape index (κ2) is 4.75. The first-order chi connectivity index (χ1) is 7.80. The third-order valence-electron chi connectivity index (χ3n) is 2.88. The van der Waals surface area contributed by atoms with Crippen LogP contribution in [0, 0.1) is 6.92 Å². The van der Waals surface area contributed by atoms with Gasteiger partial charge in [0.25, 0.3) is 0 Å². The fraction of sp³-hybridized carbons (Fsp3) is 0.462. The van der Waals surface area contributed by atoms with Crippen molar-refractivity contribution in [3.63, 3.8) is 0 Å². The number of nitrogens with zero attached hydrogens (tertiary/aromatic N) is 1. The van der Waals surface area contributed by atoms with Gasteiger partial charge >= 0.3 is 0 Å². The number of hydrazine groups is 1. The number of carbonyl (C=O) groups excluding carboxylic acids is 1. The number of carbonyl (C=O) groups is 1. The monoisotopic (exact) mass is 236 g/mol. The molecule has 1 rings (SSSR count). The van der Waals surface area contributed by atoms with Gasteiger partial charge in [-0.05, 0) is 26.8 Å². The highest BCUT2D eigenvalue weighted by molar-refractivity contribution is 5.87. The van der Waals surface area contributed by atoms with Crippen LogP contribution in [0.5, 0.6) is 5.75 Å². The second-order valence-electron chi connectivity index (χ2n) is 4.74. The molecule has 0 aliphatic rings. The van der Waals surface area contributed by atoms with Crippen molar-refractivity contribution in [2.45, 2.75) is 26.2 Å². The minimum Gasteiger partial charge on any atom is -0.496 e. The highest BCUT2D eigenvalue weighted by atomic mass is 16.5. The van der Waals surface area contributed by atoms with Gasteiger partial charge in [-0.25, -0.2) is 5.84 Å². The zero-order valence-electron chi connectivity index (χ0n) is 11.1. The van der Waals surface area contributed by atoms with Gasteiger partial charge in [-0.1, -0.05) is 17.7 Å². The van der Waals surface area contributed by atoms with Crippen LogP contribution in [0.2, 0.25) is 0 Å². The Kier molecular flexibility index (Phi) is 3.78. The van der Waals surface area contributed by atoms with Gasteiger partial charge in [0, 0.05) is 12.6 Å². The van der Waals surface area contributed by atoms with E-state index in [1.807, 2.05) is 39.0 Å². The van der Waals surface area contributed by atoms with Crippen LogP contribution in [0.25, 0.3) is 0 Å². The predicted octanol–water partition coefficient (Wildman–Crippen LogP) is 1.61. The molecule has 0 unspecified atom stereocenters. The molecule has 0 spiro atoms. The lowest BCUT2D eigenvalue weighted by Gasteiger charge is -2.28. The van der Waals surface area contributed by atoms with Gasteiger partial charge in [0.2, 0.25) is 5.91 Å². The van der Waals surface area contributed by atoms with Gasteiger partial charge in [0.05, 0.1) is 12.5 Å². The summed E-state index contributed by atoms with van der Waals surface area (Å²) in [6.45, 7) is 5.67. The van der Waals surface area contributed by atoms with Gasteiger partial charge in [0.15, 0.2) is 0 Å². The minimum absolute atomic E-state index is 0.151. The number of benzene rings is 1. The van der Waals surface area contributed by atoms with Crippen molar-refractivity contribution in [2.75, 3.05) is 14.2 Å². The van der Waals surface area contributed by atoms with E-state index in [2.05, 4.69) is 0 Å². The highest BCUT2D eigenvalue weighted by Crippen LogP contribution is 2.33. The Labute approximate surface area is 102 Å². The van der Waals surface area contributed by atoms with E-state index in [0.29, 0.717) is 5.75 Å². The molecule has 2 N–H and O–H groups in total. The summed E-state index contributed by atoms with van der Waals surface area (Å²) in [4.78, 5) is 12.1. The zero-order chi connectivity index (χ0) is 13.2. The number of methoxy groups -OCH3 is 1. The van der Waals surface area contributed by atoms with E-state index >= 15 is 0 Å². The molecule has 0 saturated heterocycles. The average molecular weight is 236 g/mol. The Bertz CT molecular complexity index is 425. The molecule has 0 radical (unpaired) electrons. The number of nitrogens with two attached hydrogens (primary N) is 1. The summed E-state index contributed by atoms with van der Waals surface area (Å²) in [5.41, 5.74) is 1.23. The zero-order valence-corrected chi connectivity index (χ0v) is 11.1. The van der Waals surface area contributed by atoms with E-state index in [0.717, 1.165) is 16.1 Å². The number of ether oxygens (including phenoxy) is 1. The van der Waals surface area contributed by atoms with Crippen LogP contribution < -0.4 is 10.6 Å². The molecule has 0 fully saturated rings. The molecule has 4 heteroatoms. The largest absolute Gasteiger partial charge is 0.496 e. The first-order valence-corrected chi connectivity index (χ1v) is 5.48. The SMILES string of the molecule is COc1ccc(C)cc1C(C)(C)C(=O)N(C)N. The minimum atomic E-state index is -0.707. The molecule has 0 saturated carbocycles. The van der Waals surface area contributed by atoms with Gasteiger partial charge in [-0.15, -0.1) is 0 Å². The van der Waals surface area contributed by atoms with E-state index < -0.39 is 5.41 Å². The maximum absolute atomic E-state index is 12.1. The Morgan fingerprint density at radius 1 is 1.41 bits per heavy atom. The van der Waals surface area contributed by atoms with E-state index in [9.17, 15) is 4.79 Å². The number of amides is 1. The van der Waals surface area contributed by atoms with Crippen LogP contribution in [-0.4, -0.2) is 25.1 Å². The molecule has 17 heavy (non-hydrogen) atoms. The summed E-state index contributed by atoms with van der Waals surface area (Å²) in [6, 6.07) is 5.78. The van der Waals surface area contributed by atoms with Crippen molar-refractivity contribution in [3.8, 4) is 5.75 Å². The first kappa shape index (κ1) is 13.5. The number of likely N-dealkylation sites (N-methyl/N-ethyl adjacent to an activating group) is 1. The molecule has 0 aliphatic heterocycles. The normalized spacial score (nSPS) is 11.2. The molecule has 1 amide bonds. The fourth-order valence-electron chi connectivity index (χ4n) is 1.87. The van der Waals surface area contributed by atoms with Gasteiger partial charge in [0.1, 0.15) is 5.75 Å². The van der Waals surface area contributed by atoms with Gasteiger partial charge < -0.3 is 4.74 Å². The lowest BCUT2D eigenvalue weighted by Crippen LogP contribution is -2.45. The summed E-state index contributed by atoms with van der Waals surface area (Å²) in [6.07, 6.45) is 0. The standard InChI is InChI=1S/C13H20N2O2/c1-9-6-7-11(17-5)10(8-9)13(2,3)12(16)15(4)14/h6-8H,14H2,1-5H3. The third-order valence-corrected chi connectivity index (χ3v) is 2.88. The molecule has 0 heterocycles. The molecule has 0 atom stereocenters. The predicted molar refractivity (Wildman–Crippen MR) is 67.7 cm³/mol. The van der Waals surface area contributed by atoms with Crippen LogP contribution in [0.4, 0.5) is 0 Å². The average Bonchev–Trinajstić information content (AvgIpc) is 2.27. The molecule has 0 aliphatic carbocycles. The summed E-state index contributed by atoms with van der Waals surface area (Å²) in [5.74, 6) is 6.08. The molecule has 1 aromatic carbocycles. The molecule has 0 aromatic heterocycles. The Balaban J connectivity index is 3.31. The quantitative estimate of drug-likeness (QED) is 0.493. The van der Waals surface area contributed by atoms with Gasteiger partial charge in [-0.2, -0.15) is 0 Å². The van der Waals surface area contributed by atoms with Crippen molar-refractivity contribution in [1.29, 1.82) is 0 Å². The van der Waals surface area contributed by atoms with E-state index in [-0.39, 0.29) is 5.91 Å². The topological polar surface area (TPSA) is 55.6 Å². The fourth-order valence-corrected chi connectivity index (χ4v) is 1.87. The first-order valence-electron chi connectivity index (χ1n) is 5.48. The van der Waals surface area contributed by atoms with E-state index in [1.165, 1.54) is 0 Å². The van der Waals surface area contributed by atoms with E-state index in [4.69, 9.17) is 10.6 Å². The van der Waals surface area contributed by atoms with Crippen molar-refractivity contribution in [2.24, 2.45) is 5.84 Å². The highest BCUT2D eigenvalue weighted by Gasteiger charge is 2.34. The van der Waals surface area contributed by atoms with Crippen LogP contribution in [0.1, 0.15) is 25.0 Å². The number of hydrogen-bond acceptors (Lipinski definition) is 3. The van der Waals surface area contributed by atoms with Crippen LogP contribution in [0.15, 0.2) is 18.2 Å². The smallest absolute Gasteiger partial charge is 0.246 e. The third kappa shape index (κ3) is 2.58. The maximum atomic E-state index is 12.1. The lowest BCUT2D eigenvalue weighted by molar-refractivity contribution is -0.135. The molecule has 4 nitrogen and oxygen atoms in total. The van der Waals surface area contributed by atoms with Crippen molar-refractivity contribution < 1.29 is 9.53 Å². The summed E-state index contributed by atoms with van der Waals surface area (Å²) >= 11 is 0. The van der Waals surface area contributed by atoms with Crippen LogP contribution in [-0.2, 0) is 10.2 Å². The molecular weight excluding hydrogens is 216 g/mol. The van der Waals surface area contributed by atoms with Gasteiger partial charge in [-0.3, -0.25) is 9.80 Å². The summed E-state index contributed by atoms with van der Waals surface area (Å²) in [5, 5.41) is 1.11. The molecule has 94 valence electrons. The van der Waals surface area contributed by atoms with Crippen molar-refractivity contribution >= 4 is 5.91 Å². The Morgan fingerprint density at radius 3 is 2.47 bits per heavy atom. The number of aryl methyl sites for hydroxylation is 1. The molecule has 0 bridgehead atoms. The Morgan fingerprint density at radius 2 is 2.00 bits per heavy atom. The van der Waals surface area contributed by atoms with Crippen molar-refractivity contribution in [1.82, 2.24) is 5.01 Å². The molecule has 1 aromatic rings. The van der Waals surface area contributed by atoms with Crippen molar-refractivity contribution in [3.05, 3.63) is 29.3 Å². The lowest BCUT2D eigenvalue weighted by atomic mass is 9.82. The summed E-state index contributed by atoms with van der Waals surface area (Å²) in [7, 11) is 3.15.